The summed E-state index contributed by atoms with van der Waals surface area (Å²) in [6.07, 6.45) is 2.88. The smallest absolute Gasteiger partial charge is 0.311 e. The molecule has 2 rings (SSSR count). The normalized spacial score (nSPS) is 16.5. The van der Waals surface area contributed by atoms with Crippen molar-refractivity contribution in [1.29, 1.82) is 0 Å². The van der Waals surface area contributed by atoms with Crippen molar-refractivity contribution < 1.29 is 13.3 Å². The first-order chi connectivity index (χ1) is 10.8. The van der Waals surface area contributed by atoms with Gasteiger partial charge in [0.25, 0.3) is 0 Å². The molecule has 1 aromatic carbocycles. The van der Waals surface area contributed by atoms with Gasteiger partial charge in [-0.1, -0.05) is 13.0 Å². The number of para-hydroxylation sites is 1. The molecule has 0 unspecified atom stereocenters. The summed E-state index contributed by atoms with van der Waals surface area (Å²) in [5.74, 6) is 0.559. The van der Waals surface area contributed by atoms with Gasteiger partial charge in [-0.2, -0.15) is 0 Å². The third kappa shape index (κ3) is 4.20. The number of piperidine rings is 1. The van der Waals surface area contributed by atoms with Crippen LogP contribution in [0.3, 0.4) is 0 Å². The van der Waals surface area contributed by atoms with Crippen LogP contribution in [0.25, 0.3) is 0 Å². The Balaban J connectivity index is 2.26. The van der Waals surface area contributed by atoms with Crippen LogP contribution in [-0.4, -0.2) is 45.8 Å². The highest BCUT2D eigenvalue weighted by Crippen LogP contribution is 2.36. The summed E-state index contributed by atoms with van der Waals surface area (Å²) in [4.78, 5) is 12.6. The predicted molar refractivity (Wildman–Crippen MR) is 89.7 cm³/mol. The molecule has 1 fully saturated rings. The van der Waals surface area contributed by atoms with Crippen LogP contribution in [0.5, 0.6) is 0 Å². The lowest BCUT2D eigenvalue weighted by molar-refractivity contribution is -0.387. The molecule has 1 aliphatic rings. The molecule has 0 atom stereocenters. The molecule has 0 bridgehead atoms. The van der Waals surface area contributed by atoms with E-state index in [9.17, 15) is 18.5 Å². The molecule has 128 valence electrons. The quantitative estimate of drug-likeness (QED) is 0.627. The maximum absolute atomic E-state index is 11.8. The van der Waals surface area contributed by atoms with Crippen LogP contribution in [0.4, 0.5) is 11.4 Å². The highest BCUT2D eigenvalue weighted by molar-refractivity contribution is 7.90. The number of hydrogen-bond donors (Lipinski definition) is 1. The summed E-state index contributed by atoms with van der Waals surface area (Å²) in [5.41, 5.74) is 0.0972. The SMILES string of the molecule is CCNCC1CCN(c2cccc(S(C)(=O)=O)c2[N+](=O)[O-])CC1. The fourth-order valence-corrected chi connectivity index (χ4v) is 3.83. The molecule has 7 nitrogen and oxygen atoms in total. The molecule has 1 aromatic rings. The van der Waals surface area contributed by atoms with Crippen LogP contribution in [0, 0.1) is 16.0 Å². The van der Waals surface area contributed by atoms with Crippen molar-refractivity contribution in [2.45, 2.75) is 24.7 Å². The summed E-state index contributed by atoms with van der Waals surface area (Å²) in [6, 6.07) is 4.51. The lowest BCUT2D eigenvalue weighted by Gasteiger charge is -2.33. The second-order valence-electron chi connectivity index (χ2n) is 5.89. The lowest BCUT2D eigenvalue weighted by Crippen LogP contribution is -2.37. The minimum atomic E-state index is -3.64. The Hall–Kier alpha value is -1.67. The van der Waals surface area contributed by atoms with Gasteiger partial charge in [0, 0.05) is 19.3 Å². The minimum absolute atomic E-state index is 0.213. The zero-order valence-electron chi connectivity index (χ0n) is 13.5. The van der Waals surface area contributed by atoms with E-state index in [0.717, 1.165) is 32.2 Å². The van der Waals surface area contributed by atoms with E-state index in [1.807, 2.05) is 4.90 Å². The minimum Gasteiger partial charge on any atom is -0.366 e. The third-order valence-corrected chi connectivity index (χ3v) is 5.33. The molecule has 1 N–H and O–H groups in total. The maximum Gasteiger partial charge on any atom is 0.311 e. The zero-order valence-corrected chi connectivity index (χ0v) is 14.3. The van der Waals surface area contributed by atoms with Crippen LogP contribution in [0.15, 0.2) is 23.1 Å². The molecule has 0 radical (unpaired) electrons. The molecule has 0 aliphatic carbocycles. The molecular formula is C15H23N3O4S. The van der Waals surface area contributed by atoms with Gasteiger partial charge in [-0.15, -0.1) is 0 Å². The molecule has 1 heterocycles. The Bertz CT molecular complexity index is 667. The number of nitro groups is 1. The third-order valence-electron chi connectivity index (χ3n) is 4.20. The van der Waals surface area contributed by atoms with Gasteiger partial charge in [-0.3, -0.25) is 10.1 Å². The average Bonchev–Trinajstić information content (AvgIpc) is 2.51. The van der Waals surface area contributed by atoms with Gasteiger partial charge in [0.15, 0.2) is 9.84 Å². The van der Waals surface area contributed by atoms with Crippen molar-refractivity contribution in [1.82, 2.24) is 5.32 Å². The zero-order chi connectivity index (χ0) is 17.0. The lowest BCUT2D eigenvalue weighted by atomic mass is 9.96. The number of hydrogen-bond acceptors (Lipinski definition) is 6. The molecule has 8 heteroatoms. The fraction of sp³-hybridized carbons (Fsp3) is 0.600. The fourth-order valence-electron chi connectivity index (χ4n) is 2.98. The first kappa shape index (κ1) is 17.7. The standard InChI is InChI=1S/C15H23N3O4S/c1-3-16-11-12-7-9-17(10-8-12)13-5-4-6-14(23(2,21)22)15(13)18(19)20/h4-6,12,16H,3,7-11H2,1-2H3. The molecule has 0 saturated carbocycles. The first-order valence-corrected chi connectivity index (χ1v) is 9.66. The van der Waals surface area contributed by atoms with Gasteiger partial charge in [0.2, 0.25) is 0 Å². The first-order valence-electron chi connectivity index (χ1n) is 7.77. The summed E-state index contributed by atoms with van der Waals surface area (Å²) < 4.78 is 23.7. The van der Waals surface area contributed by atoms with Gasteiger partial charge in [-0.25, -0.2) is 8.42 Å². The van der Waals surface area contributed by atoms with E-state index in [-0.39, 0.29) is 10.6 Å². The second kappa shape index (κ2) is 7.27. The van der Waals surface area contributed by atoms with E-state index < -0.39 is 14.8 Å². The van der Waals surface area contributed by atoms with Crippen LogP contribution in [-0.2, 0) is 9.84 Å². The Morgan fingerprint density at radius 2 is 2.00 bits per heavy atom. The van der Waals surface area contributed by atoms with E-state index in [4.69, 9.17) is 0 Å². The second-order valence-corrected chi connectivity index (χ2v) is 7.88. The van der Waals surface area contributed by atoms with Crippen molar-refractivity contribution >= 4 is 21.2 Å². The van der Waals surface area contributed by atoms with E-state index in [1.165, 1.54) is 6.07 Å². The number of anilines is 1. The summed E-state index contributed by atoms with van der Waals surface area (Å²) in [7, 11) is -3.64. The van der Waals surface area contributed by atoms with Crippen molar-refractivity contribution in [3.63, 3.8) is 0 Å². The highest BCUT2D eigenvalue weighted by Gasteiger charge is 2.30. The van der Waals surface area contributed by atoms with Gasteiger partial charge in [-0.05, 0) is 44.0 Å². The average molecular weight is 341 g/mol. The van der Waals surface area contributed by atoms with E-state index in [1.54, 1.807) is 12.1 Å². The van der Waals surface area contributed by atoms with Crippen LogP contribution in [0.1, 0.15) is 19.8 Å². The summed E-state index contributed by atoms with van der Waals surface area (Å²) >= 11 is 0. The van der Waals surface area contributed by atoms with Crippen molar-refractivity contribution in [2.75, 3.05) is 37.3 Å². The van der Waals surface area contributed by atoms with Gasteiger partial charge >= 0.3 is 5.69 Å². The van der Waals surface area contributed by atoms with Crippen LogP contribution in [0.2, 0.25) is 0 Å². The van der Waals surface area contributed by atoms with Gasteiger partial charge in [0.1, 0.15) is 10.6 Å². The van der Waals surface area contributed by atoms with Crippen molar-refractivity contribution in [3.8, 4) is 0 Å². The summed E-state index contributed by atoms with van der Waals surface area (Å²) in [5, 5.41) is 14.8. The van der Waals surface area contributed by atoms with Gasteiger partial charge in [0.05, 0.1) is 4.92 Å². The Morgan fingerprint density at radius 3 is 2.52 bits per heavy atom. The highest BCUT2D eigenvalue weighted by atomic mass is 32.2. The molecular weight excluding hydrogens is 318 g/mol. The maximum atomic E-state index is 11.8. The number of nitro benzene ring substituents is 1. The van der Waals surface area contributed by atoms with E-state index >= 15 is 0 Å². The van der Waals surface area contributed by atoms with Crippen LogP contribution < -0.4 is 10.2 Å². The molecule has 0 amide bonds. The van der Waals surface area contributed by atoms with Crippen molar-refractivity contribution in [2.24, 2.45) is 5.92 Å². The molecule has 1 saturated heterocycles. The Morgan fingerprint density at radius 1 is 1.35 bits per heavy atom. The largest absolute Gasteiger partial charge is 0.366 e. The number of nitrogens with zero attached hydrogens (tertiary/aromatic N) is 2. The Kier molecular flexibility index (Phi) is 5.59. The summed E-state index contributed by atoms with van der Waals surface area (Å²) in [6.45, 7) is 5.35. The topological polar surface area (TPSA) is 92.6 Å². The predicted octanol–water partition coefficient (Wildman–Crippen LogP) is 1.82. The number of benzene rings is 1. The van der Waals surface area contributed by atoms with Crippen molar-refractivity contribution in [3.05, 3.63) is 28.3 Å². The molecule has 1 aliphatic heterocycles. The molecule has 0 aromatic heterocycles. The van der Waals surface area contributed by atoms with E-state index in [0.29, 0.717) is 24.7 Å². The number of nitrogens with one attached hydrogen (secondary N) is 1. The molecule has 23 heavy (non-hydrogen) atoms. The Labute approximate surface area is 136 Å². The van der Waals surface area contributed by atoms with Gasteiger partial charge < -0.3 is 10.2 Å². The number of rotatable bonds is 6. The van der Waals surface area contributed by atoms with E-state index in [2.05, 4.69) is 12.2 Å². The monoisotopic (exact) mass is 341 g/mol. The van der Waals surface area contributed by atoms with Crippen LogP contribution >= 0.6 is 0 Å². The molecule has 0 spiro atoms. The number of sulfone groups is 1.